The van der Waals surface area contributed by atoms with Gasteiger partial charge in [-0.25, -0.2) is 15.0 Å². The van der Waals surface area contributed by atoms with Crippen LogP contribution in [0.3, 0.4) is 0 Å². The normalized spacial score (nSPS) is 17.4. The van der Waals surface area contributed by atoms with E-state index in [0.29, 0.717) is 72.0 Å². The molecule has 0 unspecified atom stereocenters. The van der Waals surface area contributed by atoms with Gasteiger partial charge in [0.1, 0.15) is 5.65 Å². The van der Waals surface area contributed by atoms with Crippen molar-refractivity contribution in [3.8, 4) is 39.7 Å². The highest BCUT2D eigenvalue weighted by Crippen LogP contribution is 2.42. The summed E-state index contributed by atoms with van der Waals surface area (Å²) in [5.41, 5.74) is 6.40. The van der Waals surface area contributed by atoms with Crippen molar-refractivity contribution < 1.29 is 14.3 Å². The molecule has 258 valence electrons. The van der Waals surface area contributed by atoms with E-state index in [1.54, 1.807) is 7.11 Å². The van der Waals surface area contributed by atoms with Crippen molar-refractivity contribution in [1.82, 2.24) is 40.8 Å². The fourth-order valence-corrected chi connectivity index (χ4v) is 7.34. The van der Waals surface area contributed by atoms with E-state index in [0.717, 1.165) is 51.7 Å². The zero-order valence-corrected chi connectivity index (χ0v) is 29.4. The largest absolute Gasteiger partial charge is 0.481 e. The number of nitrogens with zero attached hydrogens (tertiary/aromatic N) is 4. The van der Waals surface area contributed by atoms with E-state index in [-0.39, 0.29) is 23.9 Å². The molecule has 5 heterocycles. The molecule has 0 bridgehead atoms. The van der Waals surface area contributed by atoms with Gasteiger partial charge in [0.05, 0.1) is 22.8 Å². The molecule has 2 saturated heterocycles. The minimum Gasteiger partial charge on any atom is -0.481 e. The summed E-state index contributed by atoms with van der Waals surface area (Å²) in [6.45, 7) is 2.58. The van der Waals surface area contributed by atoms with Crippen LogP contribution in [0.5, 0.6) is 5.88 Å². The van der Waals surface area contributed by atoms with Gasteiger partial charge in [-0.05, 0) is 30.5 Å². The van der Waals surface area contributed by atoms with Gasteiger partial charge in [0.25, 0.3) is 0 Å². The van der Waals surface area contributed by atoms with E-state index in [2.05, 4.69) is 27.5 Å². The number of hydrogen-bond donors (Lipinski definition) is 4. The molecular formula is C37H38Cl2N8O3. The number of fused-ring (bicyclic) bond motifs is 1. The Bertz CT molecular complexity index is 2080. The topological polar surface area (TPSA) is 135 Å². The van der Waals surface area contributed by atoms with Crippen LogP contribution < -0.4 is 26.0 Å². The number of ether oxygens (including phenoxy) is 1. The predicted molar refractivity (Wildman–Crippen MR) is 195 cm³/mol. The highest BCUT2D eigenvalue weighted by atomic mass is 35.5. The summed E-state index contributed by atoms with van der Waals surface area (Å²) in [4.78, 5) is 37.5. The lowest BCUT2D eigenvalue weighted by atomic mass is 9.99. The molecular weight excluding hydrogens is 675 g/mol. The van der Waals surface area contributed by atoms with E-state index >= 15 is 0 Å². The number of aromatic nitrogens is 4. The van der Waals surface area contributed by atoms with Crippen molar-refractivity contribution in [2.75, 3.05) is 20.2 Å². The van der Waals surface area contributed by atoms with Crippen LogP contribution in [-0.4, -0.2) is 63.6 Å². The van der Waals surface area contributed by atoms with Crippen molar-refractivity contribution >= 4 is 46.0 Å². The third-order valence-electron chi connectivity index (χ3n) is 9.32. The molecule has 3 aromatic heterocycles. The van der Waals surface area contributed by atoms with Crippen LogP contribution in [0.4, 0.5) is 0 Å². The first-order valence-electron chi connectivity index (χ1n) is 16.7. The Balaban J connectivity index is 1.11. The highest BCUT2D eigenvalue weighted by molar-refractivity contribution is 6.39. The van der Waals surface area contributed by atoms with E-state index in [1.165, 1.54) is 0 Å². The lowest BCUT2D eigenvalue weighted by molar-refractivity contribution is -0.120. The number of methoxy groups -OCH3 is 1. The summed E-state index contributed by atoms with van der Waals surface area (Å²) < 4.78 is 7.64. The minimum absolute atomic E-state index is 0.0988. The van der Waals surface area contributed by atoms with Crippen molar-refractivity contribution in [3.63, 3.8) is 0 Å². The first-order valence-corrected chi connectivity index (χ1v) is 17.5. The van der Waals surface area contributed by atoms with Crippen LogP contribution in [0.25, 0.3) is 44.8 Å². The fraction of sp³-hybridized carbons (Fsp3) is 0.324. The van der Waals surface area contributed by atoms with Crippen LogP contribution >= 0.6 is 23.2 Å². The first-order chi connectivity index (χ1) is 24.3. The number of benzene rings is 2. The van der Waals surface area contributed by atoms with Gasteiger partial charge in [-0.15, -0.1) is 0 Å². The Morgan fingerprint density at radius 3 is 2.04 bits per heavy atom. The number of carbonyl (C=O) groups is 2. The molecule has 2 fully saturated rings. The number of amides is 2. The number of hydrogen-bond acceptors (Lipinski definition) is 8. The summed E-state index contributed by atoms with van der Waals surface area (Å²) >= 11 is 14.2. The molecule has 13 heteroatoms. The van der Waals surface area contributed by atoms with Gasteiger partial charge in [0, 0.05) is 104 Å². The number of pyridine rings is 1. The van der Waals surface area contributed by atoms with E-state index in [1.807, 2.05) is 66.3 Å². The molecule has 50 heavy (non-hydrogen) atoms. The van der Waals surface area contributed by atoms with Gasteiger partial charge in [-0.3, -0.25) is 9.59 Å². The molecule has 2 aromatic carbocycles. The van der Waals surface area contributed by atoms with Gasteiger partial charge >= 0.3 is 0 Å². The smallest absolute Gasteiger partial charge is 0.220 e. The van der Waals surface area contributed by atoms with Gasteiger partial charge in [-0.2, -0.15) is 0 Å². The summed E-state index contributed by atoms with van der Waals surface area (Å²) in [6.07, 6.45) is 6.74. The first kappa shape index (κ1) is 33.9. The van der Waals surface area contributed by atoms with Crippen LogP contribution in [0.2, 0.25) is 10.0 Å². The third kappa shape index (κ3) is 7.04. The second-order valence-corrected chi connectivity index (χ2v) is 13.5. The Kier molecular flexibility index (Phi) is 10.0. The molecule has 0 spiro atoms. The average molecular weight is 714 g/mol. The van der Waals surface area contributed by atoms with Crippen LogP contribution in [-0.2, 0) is 29.7 Å². The molecule has 11 nitrogen and oxygen atoms in total. The monoisotopic (exact) mass is 712 g/mol. The second-order valence-electron chi connectivity index (χ2n) is 12.8. The second kappa shape index (κ2) is 14.7. The van der Waals surface area contributed by atoms with Crippen molar-refractivity contribution in [1.29, 1.82) is 0 Å². The number of rotatable bonds is 12. The zero-order chi connectivity index (χ0) is 34.8. The Hall–Kier alpha value is -4.55. The maximum absolute atomic E-state index is 11.5. The lowest BCUT2D eigenvalue weighted by Gasteiger charge is -2.15. The summed E-state index contributed by atoms with van der Waals surface area (Å²) in [5.74, 6) is 1.22. The van der Waals surface area contributed by atoms with Gasteiger partial charge < -0.3 is 30.6 Å². The molecule has 4 N–H and O–H groups in total. The number of nitrogens with one attached hydrogen (secondary N) is 4. The molecule has 0 saturated carbocycles. The Labute approximate surface area is 300 Å². The average Bonchev–Trinajstić information content (AvgIpc) is 3.83. The minimum atomic E-state index is 0.0988. The summed E-state index contributed by atoms with van der Waals surface area (Å²) in [6, 6.07) is 15.8. The predicted octanol–water partition coefficient (Wildman–Crippen LogP) is 5.42. The number of carbonyl (C=O) groups excluding carboxylic acids is 2. The van der Waals surface area contributed by atoms with E-state index in [4.69, 9.17) is 42.9 Å². The SMILES string of the molecule is COc1nc(-c2cccc(-c3cccc(-c4ncc5c(CNC[C@H]6CCC(=O)N6)cn(C)c5n4)c3Cl)c2Cl)ccc1CNC[C@@H]1CCC(=O)N1. The molecule has 2 aliphatic heterocycles. The van der Waals surface area contributed by atoms with Gasteiger partial charge in [0.2, 0.25) is 17.7 Å². The molecule has 0 radical (unpaired) electrons. The maximum Gasteiger partial charge on any atom is 0.220 e. The summed E-state index contributed by atoms with van der Waals surface area (Å²) in [5, 5.41) is 14.8. The molecule has 5 aromatic rings. The molecule has 2 atom stereocenters. The van der Waals surface area contributed by atoms with Crippen LogP contribution in [0.1, 0.15) is 36.8 Å². The van der Waals surface area contributed by atoms with E-state index < -0.39 is 0 Å². The number of aryl methyl sites for hydroxylation is 1. The molecule has 2 aliphatic rings. The van der Waals surface area contributed by atoms with Crippen molar-refractivity contribution in [3.05, 3.63) is 82.1 Å². The Morgan fingerprint density at radius 2 is 1.42 bits per heavy atom. The van der Waals surface area contributed by atoms with Crippen molar-refractivity contribution in [2.45, 2.75) is 50.9 Å². The van der Waals surface area contributed by atoms with Gasteiger partial charge in [-0.1, -0.05) is 59.6 Å². The zero-order valence-electron chi connectivity index (χ0n) is 27.9. The van der Waals surface area contributed by atoms with Gasteiger partial charge in [0.15, 0.2) is 5.82 Å². The van der Waals surface area contributed by atoms with E-state index in [9.17, 15) is 9.59 Å². The van der Waals surface area contributed by atoms with Crippen LogP contribution in [0, 0.1) is 0 Å². The highest BCUT2D eigenvalue weighted by Gasteiger charge is 2.22. The molecule has 7 rings (SSSR count). The fourth-order valence-electron chi connectivity index (χ4n) is 6.71. The quantitative estimate of drug-likeness (QED) is 0.135. The Morgan fingerprint density at radius 1 is 0.820 bits per heavy atom. The van der Waals surface area contributed by atoms with Crippen molar-refractivity contribution in [2.24, 2.45) is 7.05 Å². The summed E-state index contributed by atoms with van der Waals surface area (Å²) in [7, 11) is 3.56. The molecule has 2 amide bonds. The number of halogens is 2. The lowest BCUT2D eigenvalue weighted by Crippen LogP contribution is -2.35. The maximum atomic E-state index is 11.5. The standard InChI is InChI=1S/C37H38Cl2N8O3/c1-47-20-22(16-41-18-24-11-14-32(49)44-24)29-19-42-35(46-36(29)47)28-8-4-6-26(34(28)39)25-5-3-7-27(33(25)38)30-12-9-21(37(45-30)50-2)15-40-17-23-10-13-31(48)43-23/h3-9,12,19-20,23-24,40-41H,10-11,13-18H2,1-2H3,(H,43,48)(H,44,49)/t23-,24+/m0/s1. The third-order valence-corrected chi connectivity index (χ3v) is 10.1. The molecule has 0 aliphatic carbocycles. The van der Waals surface area contributed by atoms with Crippen LogP contribution in [0.15, 0.2) is 60.9 Å².